The number of rotatable bonds is 14. The maximum absolute atomic E-state index is 10.5. The van der Waals surface area contributed by atoms with E-state index in [2.05, 4.69) is 66.2 Å². The van der Waals surface area contributed by atoms with Crippen LogP contribution in [0.15, 0.2) is 47.4 Å². The van der Waals surface area contributed by atoms with Crippen LogP contribution in [-0.4, -0.2) is 23.8 Å². The van der Waals surface area contributed by atoms with Crippen LogP contribution < -0.4 is 5.32 Å². The van der Waals surface area contributed by atoms with Crippen LogP contribution in [0.2, 0.25) is 0 Å². The van der Waals surface area contributed by atoms with Gasteiger partial charge in [-0.2, -0.15) is 0 Å². The Kier molecular flexibility index (Phi) is 11.7. The fraction of sp³-hybridized carbons (Fsp3) is 0.478. The quantitative estimate of drug-likeness (QED) is 0.227. The van der Waals surface area contributed by atoms with E-state index in [9.17, 15) is 4.57 Å². The van der Waals surface area contributed by atoms with Gasteiger partial charge in [0.15, 0.2) is 0 Å². The van der Waals surface area contributed by atoms with Crippen molar-refractivity contribution in [3.63, 3.8) is 0 Å². The van der Waals surface area contributed by atoms with E-state index >= 15 is 0 Å². The summed E-state index contributed by atoms with van der Waals surface area (Å²) < 4.78 is 15.1. The summed E-state index contributed by atoms with van der Waals surface area (Å²) in [5, 5.41) is 3.35. The Hall–Kier alpha value is -1.10. The number of nitrogens with one attached hydrogen (secondary N) is 1. The minimum Gasteiger partial charge on any atom is -0.326 e. The lowest BCUT2D eigenvalue weighted by atomic mass is 10.1. The first kappa shape index (κ1) is 24.2. The van der Waals surface area contributed by atoms with Crippen LogP contribution in [0.1, 0.15) is 47.9 Å². The minimum absolute atomic E-state index is 0.320. The molecule has 0 aliphatic carbocycles. The second-order valence-electron chi connectivity index (χ2n) is 7.39. The molecule has 0 bridgehead atoms. The molecule has 2 rings (SSSR count). The van der Waals surface area contributed by atoms with Gasteiger partial charge in [0.25, 0.3) is 0 Å². The molecule has 0 spiro atoms. The Labute approximate surface area is 180 Å². The Morgan fingerprint density at radius 2 is 1.76 bits per heavy atom. The van der Waals surface area contributed by atoms with Crippen molar-refractivity contribution in [2.24, 2.45) is 0 Å². The Morgan fingerprint density at radius 3 is 2.48 bits per heavy atom. The molecule has 1 atom stereocenters. The lowest BCUT2D eigenvalue weighted by molar-refractivity contribution is 0.276. The van der Waals surface area contributed by atoms with Gasteiger partial charge in [0.05, 0.1) is 6.61 Å². The molecule has 2 aromatic carbocycles. The maximum Gasteiger partial charge on any atom is 0.316 e. The molecule has 29 heavy (non-hydrogen) atoms. The number of hydrogen-bond donors (Lipinski definition) is 2. The molecule has 4 nitrogen and oxygen atoms in total. The van der Waals surface area contributed by atoms with E-state index in [-0.39, 0.29) is 0 Å². The summed E-state index contributed by atoms with van der Waals surface area (Å²) in [5.74, 6) is 1.17. The minimum atomic E-state index is -2.79. The Morgan fingerprint density at radius 1 is 1.00 bits per heavy atom. The first-order valence-corrected chi connectivity index (χ1v) is 12.6. The van der Waals surface area contributed by atoms with Gasteiger partial charge in [-0.15, -0.1) is 11.8 Å². The molecule has 0 saturated heterocycles. The van der Waals surface area contributed by atoms with Crippen molar-refractivity contribution in [3.05, 3.63) is 64.7 Å². The number of unbranched alkanes of at least 4 members (excludes halogenated alkanes) is 2. The largest absolute Gasteiger partial charge is 0.326 e. The van der Waals surface area contributed by atoms with Gasteiger partial charge in [0, 0.05) is 11.4 Å². The molecule has 0 aromatic heterocycles. The zero-order valence-corrected chi connectivity index (χ0v) is 19.4. The van der Waals surface area contributed by atoms with Crippen molar-refractivity contribution in [2.45, 2.75) is 57.4 Å². The monoisotopic (exact) mass is 435 g/mol. The van der Waals surface area contributed by atoms with E-state index in [1.54, 1.807) is 0 Å². The van der Waals surface area contributed by atoms with Crippen LogP contribution in [0.5, 0.6) is 0 Å². The molecule has 0 heterocycles. The van der Waals surface area contributed by atoms with Gasteiger partial charge in [-0.3, -0.25) is 4.57 Å². The van der Waals surface area contributed by atoms with Gasteiger partial charge in [-0.25, -0.2) is 0 Å². The summed E-state index contributed by atoms with van der Waals surface area (Å²) in [4.78, 5) is 9.97. The molecular formula is C23H34NO3PS. The van der Waals surface area contributed by atoms with Gasteiger partial charge >= 0.3 is 8.25 Å². The van der Waals surface area contributed by atoms with E-state index in [4.69, 9.17) is 4.89 Å². The fourth-order valence-corrected chi connectivity index (χ4v) is 4.46. The van der Waals surface area contributed by atoms with E-state index in [1.807, 2.05) is 11.8 Å². The van der Waals surface area contributed by atoms with Crippen LogP contribution in [0.25, 0.3) is 0 Å². The highest BCUT2D eigenvalue weighted by molar-refractivity contribution is 7.99. The van der Waals surface area contributed by atoms with Gasteiger partial charge in [0.1, 0.15) is 0 Å². The Balaban J connectivity index is 1.58. The van der Waals surface area contributed by atoms with Crippen molar-refractivity contribution in [1.29, 1.82) is 0 Å². The summed E-state index contributed by atoms with van der Waals surface area (Å²) in [7, 11) is -2.79. The summed E-state index contributed by atoms with van der Waals surface area (Å²) >= 11 is 1.95. The number of thioether (sulfide) groups is 1. The molecule has 1 unspecified atom stereocenters. The van der Waals surface area contributed by atoms with Crippen molar-refractivity contribution < 1.29 is 14.0 Å². The predicted molar refractivity (Wildman–Crippen MR) is 124 cm³/mol. The summed E-state index contributed by atoms with van der Waals surface area (Å²) in [6.45, 7) is 6.21. The SMILES string of the molecule is Cc1ccc(CCCCCSc2ccc(CNCCCO[PH](=O)O)cc2C)cc1. The second kappa shape index (κ2) is 14.0. The van der Waals surface area contributed by atoms with E-state index in [0.717, 1.165) is 19.5 Å². The number of hydrogen-bond acceptors (Lipinski definition) is 4. The molecule has 0 aliphatic heterocycles. The normalized spacial score (nSPS) is 12.2. The van der Waals surface area contributed by atoms with Crippen LogP contribution in [-0.2, 0) is 22.1 Å². The average Bonchev–Trinajstić information content (AvgIpc) is 2.69. The fourth-order valence-electron chi connectivity index (χ4n) is 3.12. The van der Waals surface area contributed by atoms with Gasteiger partial charge < -0.3 is 14.7 Å². The standard InChI is InChI=1S/C23H34NO3PS/c1-19-8-10-21(11-9-19)7-4-3-5-16-29-23-13-12-22(17-20(23)2)18-24-14-6-15-27-28(25)26/h8-13,17,24,28H,3-7,14-16,18H2,1-2H3,(H,25,26). The molecule has 0 saturated carbocycles. The molecule has 6 heteroatoms. The third-order valence-electron chi connectivity index (χ3n) is 4.78. The number of aryl methyl sites for hydroxylation is 3. The predicted octanol–water partition coefficient (Wildman–Crippen LogP) is 5.69. The van der Waals surface area contributed by atoms with Crippen LogP contribution in [0.3, 0.4) is 0 Å². The molecule has 160 valence electrons. The maximum atomic E-state index is 10.5. The van der Waals surface area contributed by atoms with Crippen molar-refractivity contribution >= 4 is 20.0 Å². The number of benzene rings is 2. The summed E-state index contributed by atoms with van der Waals surface area (Å²) in [6.07, 6.45) is 5.69. The highest BCUT2D eigenvalue weighted by Crippen LogP contribution is 2.25. The Bertz CT molecular complexity index is 752. The van der Waals surface area contributed by atoms with Gasteiger partial charge in [0.2, 0.25) is 0 Å². The van der Waals surface area contributed by atoms with Crippen molar-refractivity contribution in [2.75, 3.05) is 18.9 Å². The molecule has 0 fully saturated rings. The lowest BCUT2D eigenvalue weighted by Gasteiger charge is -2.10. The van der Waals surface area contributed by atoms with Crippen molar-refractivity contribution in [3.8, 4) is 0 Å². The zero-order chi connectivity index (χ0) is 20.9. The van der Waals surface area contributed by atoms with E-state index in [0.29, 0.717) is 6.61 Å². The molecule has 0 aliphatic rings. The average molecular weight is 436 g/mol. The molecular weight excluding hydrogens is 401 g/mol. The summed E-state index contributed by atoms with van der Waals surface area (Å²) in [5.41, 5.74) is 5.37. The molecule has 0 amide bonds. The van der Waals surface area contributed by atoms with Crippen molar-refractivity contribution in [1.82, 2.24) is 5.32 Å². The first-order chi connectivity index (χ1) is 14.0. The molecule has 0 radical (unpaired) electrons. The van der Waals surface area contributed by atoms with Crippen LogP contribution in [0, 0.1) is 13.8 Å². The van der Waals surface area contributed by atoms with Crippen LogP contribution >= 0.6 is 20.0 Å². The lowest BCUT2D eigenvalue weighted by Crippen LogP contribution is -2.16. The van der Waals surface area contributed by atoms with Crippen LogP contribution in [0.4, 0.5) is 0 Å². The first-order valence-electron chi connectivity index (χ1n) is 10.4. The third kappa shape index (κ3) is 10.5. The third-order valence-corrected chi connectivity index (χ3v) is 6.49. The topological polar surface area (TPSA) is 58.6 Å². The molecule has 2 N–H and O–H groups in total. The van der Waals surface area contributed by atoms with E-state index in [1.165, 1.54) is 58.6 Å². The highest BCUT2D eigenvalue weighted by Gasteiger charge is 2.02. The highest BCUT2D eigenvalue weighted by atomic mass is 32.2. The summed E-state index contributed by atoms with van der Waals surface area (Å²) in [6, 6.07) is 15.5. The second-order valence-corrected chi connectivity index (χ2v) is 9.35. The van der Waals surface area contributed by atoms with Gasteiger partial charge in [-0.1, -0.05) is 48.4 Å². The molecule has 2 aromatic rings. The van der Waals surface area contributed by atoms with Gasteiger partial charge in [-0.05, 0) is 74.6 Å². The smallest absolute Gasteiger partial charge is 0.316 e. The zero-order valence-electron chi connectivity index (χ0n) is 17.6. The van der Waals surface area contributed by atoms with E-state index < -0.39 is 8.25 Å².